The third kappa shape index (κ3) is 6.59. The van der Waals surface area contributed by atoms with Crippen LogP contribution >= 0.6 is 11.6 Å². The summed E-state index contributed by atoms with van der Waals surface area (Å²) in [4.78, 5) is 12.8. The lowest BCUT2D eigenvalue weighted by molar-refractivity contribution is -0.115. The highest BCUT2D eigenvalue weighted by atomic mass is 35.5. The molecule has 0 heterocycles. The molecule has 174 valence electrons. The average Bonchev–Trinajstić information content (AvgIpc) is 2.78. The number of ether oxygens (including phenoxy) is 1. The van der Waals surface area contributed by atoms with Crippen LogP contribution < -0.4 is 10.1 Å². The van der Waals surface area contributed by atoms with E-state index in [9.17, 15) is 13.2 Å². The molecule has 3 aromatic rings. The fourth-order valence-corrected chi connectivity index (χ4v) is 4.42. The lowest BCUT2D eigenvalue weighted by Gasteiger charge is -2.15. The Morgan fingerprint density at radius 2 is 1.70 bits per heavy atom. The minimum absolute atomic E-state index is 0.0396. The maximum Gasteiger partial charge on any atom is 0.228 e. The molecular formula is C26H28ClNO4S. The summed E-state index contributed by atoms with van der Waals surface area (Å²) in [5, 5.41) is 3.35. The van der Waals surface area contributed by atoms with Crippen molar-refractivity contribution in [2.75, 3.05) is 17.7 Å². The fourth-order valence-electron chi connectivity index (χ4n) is 3.25. The maximum absolute atomic E-state index is 12.5. The maximum atomic E-state index is 12.5. The lowest BCUT2D eigenvalue weighted by Crippen LogP contribution is -2.14. The molecule has 0 spiro atoms. The van der Waals surface area contributed by atoms with E-state index >= 15 is 0 Å². The van der Waals surface area contributed by atoms with Crippen molar-refractivity contribution < 1.29 is 17.9 Å². The van der Waals surface area contributed by atoms with E-state index in [0.29, 0.717) is 23.2 Å². The van der Waals surface area contributed by atoms with Crippen molar-refractivity contribution in [1.29, 1.82) is 0 Å². The van der Waals surface area contributed by atoms with Crippen LogP contribution in [0.4, 0.5) is 5.69 Å². The van der Waals surface area contributed by atoms with Gasteiger partial charge in [-0.05, 0) is 41.8 Å². The third-order valence-corrected chi connectivity index (χ3v) is 7.09. The molecule has 0 saturated carbocycles. The molecule has 0 aliphatic rings. The summed E-state index contributed by atoms with van der Waals surface area (Å²) < 4.78 is 29.8. The molecule has 33 heavy (non-hydrogen) atoms. The van der Waals surface area contributed by atoms with Gasteiger partial charge in [-0.2, -0.15) is 0 Å². The van der Waals surface area contributed by atoms with Crippen LogP contribution in [0, 0.1) is 5.92 Å². The Hall–Kier alpha value is -2.83. The van der Waals surface area contributed by atoms with E-state index in [2.05, 4.69) is 19.2 Å². The van der Waals surface area contributed by atoms with E-state index in [0.717, 1.165) is 22.4 Å². The Morgan fingerprint density at radius 3 is 2.33 bits per heavy atom. The Balaban J connectivity index is 1.70. The topological polar surface area (TPSA) is 72.5 Å². The molecular weight excluding hydrogens is 458 g/mol. The first-order valence-corrected chi connectivity index (χ1v) is 12.9. The summed E-state index contributed by atoms with van der Waals surface area (Å²) in [5.74, 6) is 0.986. The van der Waals surface area contributed by atoms with Crippen molar-refractivity contribution in [1.82, 2.24) is 0 Å². The monoisotopic (exact) mass is 485 g/mol. The Morgan fingerprint density at radius 1 is 1.00 bits per heavy atom. The number of hydrogen-bond donors (Lipinski definition) is 1. The normalized spacial score (nSPS) is 11.4. The summed E-state index contributed by atoms with van der Waals surface area (Å²) in [6, 6.07) is 19.5. The van der Waals surface area contributed by atoms with Gasteiger partial charge in [0.1, 0.15) is 5.75 Å². The van der Waals surface area contributed by atoms with Gasteiger partial charge in [-0.25, -0.2) is 8.42 Å². The highest BCUT2D eigenvalue weighted by Gasteiger charge is 2.14. The number of para-hydroxylation sites is 1. The van der Waals surface area contributed by atoms with Crippen molar-refractivity contribution in [2.45, 2.75) is 32.1 Å². The number of anilines is 1. The van der Waals surface area contributed by atoms with Gasteiger partial charge in [0.15, 0.2) is 9.84 Å². The van der Waals surface area contributed by atoms with Crippen LogP contribution in [0.1, 0.15) is 26.3 Å². The fraction of sp³-hybridized carbons (Fsp3) is 0.269. The Kier molecular flexibility index (Phi) is 8.16. The number of rotatable bonds is 9. The van der Waals surface area contributed by atoms with Crippen LogP contribution in [0.5, 0.6) is 5.75 Å². The predicted octanol–water partition coefficient (Wildman–Crippen LogP) is 6.02. The summed E-state index contributed by atoms with van der Waals surface area (Å²) in [5.41, 5.74) is 3.02. The molecule has 0 bridgehead atoms. The van der Waals surface area contributed by atoms with E-state index in [4.69, 9.17) is 16.3 Å². The zero-order valence-corrected chi connectivity index (χ0v) is 20.5. The largest absolute Gasteiger partial charge is 0.493 e. The molecule has 3 rings (SSSR count). The smallest absolute Gasteiger partial charge is 0.228 e. The zero-order chi connectivity index (χ0) is 24.0. The average molecular weight is 486 g/mol. The molecule has 1 N–H and O–H groups in total. The number of carbonyl (C=O) groups is 1. The summed E-state index contributed by atoms with van der Waals surface area (Å²) >= 11 is 6.55. The molecule has 1 amide bonds. The number of halogens is 1. The molecule has 0 unspecified atom stereocenters. The van der Waals surface area contributed by atoms with Crippen LogP contribution in [0.15, 0.2) is 71.6 Å². The molecule has 0 aliphatic carbocycles. The number of hydrogen-bond acceptors (Lipinski definition) is 4. The van der Waals surface area contributed by atoms with E-state index in [1.807, 2.05) is 30.3 Å². The number of amides is 1. The number of carbonyl (C=O) groups excluding carboxylic acids is 1. The van der Waals surface area contributed by atoms with Crippen molar-refractivity contribution in [3.8, 4) is 16.9 Å². The molecule has 3 aromatic carbocycles. The second kappa shape index (κ2) is 10.9. The van der Waals surface area contributed by atoms with Gasteiger partial charge in [0.25, 0.3) is 0 Å². The first-order valence-electron chi connectivity index (χ1n) is 10.8. The number of nitrogens with one attached hydrogen (secondary N) is 1. The van der Waals surface area contributed by atoms with E-state index < -0.39 is 9.84 Å². The summed E-state index contributed by atoms with van der Waals surface area (Å²) in [6.45, 7) is 6.39. The Bertz CT molecular complexity index is 1220. The standard InChI is InChI=1S/C26H28ClNO4S/c1-4-33(30,31)21-12-9-19(10-13-21)15-26(29)28-20-11-14-22(24(27)16-20)23-7-5-6-8-25(23)32-17-18(2)3/h5-14,16,18H,4,15,17H2,1-3H3,(H,28,29). The molecule has 0 aliphatic heterocycles. The van der Waals surface area contributed by atoms with Crippen LogP contribution in [-0.2, 0) is 21.1 Å². The van der Waals surface area contributed by atoms with Gasteiger partial charge in [-0.3, -0.25) is 4.79 Å². The van der Waals surface area contributed by atoms with Gasteiger partial charge in [-0.15, -0.1) is 0 Å². The zero-order valence-electron chi connectivity index (χ0n) is 19.0. The second-order valence-electron chi connectivity index (χ2n) is 8.17. The lowest BCUT2D eigenvalue weighted by atomic mass is 10.0. The molecule has 5 nitrogen and oxygen atoms in total. The third-order valence-electron chi connectivity index (χ3n) is 5.03. The van der Waals surface area contributed by atoms with Gasteiger partial charge in [0.05, 0.1) is 28.7 Å². The molecule has 0 fully saturated rings. The van der Waals surface area contributed by atoms with Gasteiger partial charge < -0.3 is 10.1 Å². The second-order valence-corrected chi connectivity index (χ2v) is 10.9. The van der Waals surface area contributed by atoms with Crippen molar-refractivity contribution >= 4 is 33.0 Å². The van der Waals surface area contributed by atoms with Crippen molar-refractivity contribution in [3.05, 3.63) is 77.3 Å². The summed E-state index contributed by atoms with van der Waals surface area (Å²) in [6.07, 6.45) is 0.123. The van der Waals surface area contributed by atoms with Crippen molar-refractivity contribution in [3.63, 3.8) is 0 Å². The van der Waals surface area contributed by atoms with Crippen LogP contribution in [-0.4, -0.2) is 26.7 Å². The molecule has 0 aromatic heterocycles. The highest BCUT2D eigenvalue weighted by molar-refractivity contribution is 7.91. The first kappa shape index (κ1) is 24.8. The van der Waals surface area contributed by atoms with E-state index in [-0.39, 0.29) is 23.0 Å². The van der Waals surface area contributed by atoms with Crippen LogP contribution in [0.2, 0.25) is 5.02 Å². The number of benzene rings is 3. The van der Waals surface area contributed by atoms with Gasteiger partial charge in [0.2, 0.25) is 5.91 Å². The van der Waals surface area contributed by atoms with E-state index in [1.165, 1.54) is 12.1 Å². The van der Waals surface area contributed by atoms with Crippen LogP contribution in [0.25, 0.3) is 11.1 Å². The minimum Gasteiger partial charge on any atom is -0.493 e. The van der Waals surface area contributed by atoms with Gasteiger partial charge in [-0.1, -0.05) is 68.8 Å². The SMILES string of the molecule is CCS(=O)(=O)c1ccc(CC(=O)Nc2ccc(-c3ccccc3OCC(C)C)c(Cl)c2)cc1. The van der Waals surface area contributed by atoms with Gasteiger partial charge in [0, 0.05) is 16.8 Å². The number of sulfone groups is 1. The van der Waals surface area contributed by atoms with Crippen LogP contribution in [0.3, 0.4) is 0 Å². The summed E-state index contributed by atoms with van der Waals surface area (Å²) in [7, 11) is -3.26. The first-order chi connectivity index (χ1) is 15.7. The van der Waals surface area contributed by atoms with Crippen molar-refractivity contribution in [2.24, 2.45) is 5.92 Å². The highest BCUT2D eigenvalue weighted by Crippen LogP contribution is 2.36. The minimum atomic E-state index is -3.26. The van der Waals surface area contributed by atoms with Gasteiger partial charge >= 0.3 is 0 Å². The Labute approximate surface area is 200 Å². The quantitative estimate of drug-likeness (QED) is 0.402. The molecule has 0 saturated heterocycles. The van der Waals surface area contributed by atoms with E-state index in [1.54, 1.807) is 31.2 Å². The molecule has 7 heteroatoms. The molecule has 0 atom stereocenters. The predicted molar refractivity (Wildman–Crippen MR) is 134 cm³/mol. The molecule has 0 radical (unpaired) electrons.